The van der Waals surface area contributed by atoms with E-state index < -0.39 is 23.0 Å². The second-order valence-corrected chi connectivity index (χ2v) is 4.81. The highest BCUT2D eigenvalue weighted by Gasteiger charge is 2.17. The number of rotatable bonds is 4. The number of carboxylic acid groups (broad SMARTS) is 1. The first kappa shape index (κ1) is 15.2. The molecule has 0 aliphatic heterocycles. The van der Waals surface area contributed by atoms with E-state index in [1.54, 1.807) is 18.4 Å². The van der Waals surface area contributed by atoms with E-state index in [1.807, 2.05) is 0 Å². The van der Waals surface area contributed by atoms with E-state index >= 15 is 0 Å². The lowest BCUT2D eigenvalue weighted by molar-refractivity contribution is -0.136. The fraction of sp³-hybridized carbons (Fsp3) is 0.333. The minimum Gasteiger partial charge on any atom is -0.481 e. The Kier molecular flexibility index (Phi) is 4.06. The van der Waals surface area contributed by atoms with Gasteiger partial charge in [-0.2, -0.15) is 0 Å². The van der Waals surface area contributed by atoms with Gasteiger partial charge in [-0.05, 0) is 26.3 Å². The van der Waals surface area contributed by atoms with Gasteiger partial charge in [0.1, 0.15) is 5.82 Å². The van der Waals surface area contributed by atoms with E-state index in [4.69, 9.17) is 5.11 Å². The van der Waals surface area contributed by atoms with Crippen LogP contribution in [0, 0.1) is 18.6 Å². The van der Waals surface area contributed by atoms with Crippen molar-refractivity contribution < 1.29 is 18.7 Å². The Balaban J connectivity index is 2.83. The van der Waals surface area contributed by atoms with Crippen LogP contribution in [0.3, 0.4) is 0 Å². The number of benzene rings is 1. The first-order chi connectivity index (χ1) is 9.86. The van der Waals surface area contributed by atoms with Crippen molar-refractivity contribution in [2.45, 2.75) is 33.2 Å². The molecule has 4 nitrogen and oxygen atoms in total. The largest absolute Gasteiger partial charge is 0.481 e. The molecule has 0 saturated carbocycles. The molecule has 0 unspecified atom stereocenters. The Labute approximate surface area is 119 Å². The predicted molar refractivity (Wildman–Crippen MR) is 74.5 cm³/mol. The molecule has 2 aromatic rings. The molecule has 0 amide bonds. The monoisotopic (exact) mass is 295 g/mol. The van der Waals surface area contributed by atoms with Crippen molar-refractivity contribution in [2.75, 3.05) is 0 Å². The summed E-state index contributed by atoms with van der Waals surface area (Å²) in [5.41, 5.74) is 0.353. The van der Waals surface area contributed by atoms with E-state index in [2.05, 4.69) is 0 Å². The van der Waals surface area contributed by atoms with E-state index in [1.165, 1.54) is 0 Å². The van der Waals surface area contributed by atoms with Crippen LogP contribution in [-0.4, -0.2) is 15.6 Å². The summed E-state index contributed by atoms with van der Waals surface area (Å²) in [4.78, 5) is 23.1. The molecule has 1 N–H and O–H groups in total. The van der Waals surface area contributed by atoms with Crippen molar-refractivity contribution in [3.8, 4) is 0 Å². The number of carboxylic acids is 1. The lowest BCUT2D eigenvalue weighted by Gasteiger charge is -2.17. The Bertz CT molecular complexity index is 781. The molecular weight excluding hydrogens is 280 g/mol. The second kappa shape index (κ2) is 5.63. The molecule has 1 aromatic carbocycles. The molecule has 6 heteroatoms. The number of aryl methyl sites for hydroxylation is 1. The summed E-state index contributed by atoms with van der Waals surface area (Å²) in [7, 11) is 0. The van der Waals surface area contributed by atoms with E-state index in [0.717, 1.165) is 12.1 Å². The zero-order valence-electron chi connectivity index (χ0n) is 11.7. The Morgan fingerprint density at radius 2 is 2.00 bits per heavy atom. The van der Waals surface area contributed by atoms with Gasteiger partial charge in [0.2, 0.25) is 0 Å². The third-order valence-corrected chi connectivity index (χ3v) is 3.56. The van der Waals surface area contributed by atoms with Gasteiger partial charge < -0.3 is 9.67 Å². The molecule has 0 saturated heterocycles. The van der Waals surface area contributed by atoms with Gasteiger partial charge in [0.05, 0.1) is 10.9 Å². The van der Waals surface area contributed by atoms with Crippen LogP contribution in [0.2, 0.25) is 0 Å². The van der Waals surface area contributed by atoms with Crippen LogP contribution in [0.1, 0.15) is 24.6 Å². The van der Waals surface area contributed by atoms with Crippen LogP contribution in [0.5, 0.6) is 0 Å². The molecule has 1 aromatic heterocycles. The van der Waals surface area contributed by atoms with Gasteiger partial charge in [-0.1, -0.05) is 0 Å². The normalized spacial score (nSPS) is 11.0. The van der Waals surface area contributed by atoms with Crippen molar-refractivity contribution in [2.24, 2.45) is 0 Å². The van der Waals surface area contributed by atoms with Gasteiger partial charge in [-0.15, -0.1) is 0 Å². The van der Waals surface area contributed by atoms with Crippen LogP contribution in [0.15, 0.2) is 16.9 Å². The quantitative estimate of drug-likeness (QED) is 0.943. The van der Waals surface area contributed by atoms with Crippen LogP contribution in [-0.2, 0) is 17.8 Å². The van der Waals surface area contributed by atoms with Crippen molar-refractivity contribution >= 4 is 16.9 Å². The molecular formula is C15H15F2NO3. The van der Waals surface area contributed by atoms with Crippen molar-refractivity contribution in [3.63, 3.8) is 0 Å². The summed E-state index contributed by atoms with van der Waals surface area (Å²) in [5.74, 6) is -2.65. The average molecular weight is 295 g/mol. The summed E-state index contributed by atoms with van der Waals surface area (Å²) in [5, 5.41) is 8.70. The van der Waals surface area contributed by atoms with Gasteiger partial charge in [0.15, 0.2) is 11.2 Å². The molecule has 112 valence electrons. The maximum Gasteiger partial charge on any atom is 0.303 e. The number of hydrogen-bond donors (Lipinski definition) is 1. The number of pyridine rings is 1. The van der Waals surface area contributed by atoms with Crippen molar-refractivity contribution in [1.82, 2.24) is 4.57 Å². The number of halogens is 2. The predicted octanol–water partition coefficient (Wildman–Crippen LogP) is 2.63. The number of hydrogen-bond acceptors (Lipinski definition) is 2. The van der Waals surface area contributed by atoms with E-state index in [9.17, 15) is 18.4 Å². The van der Waals surface area contributed by atoms with Gasteiger partial charge in [0.25, 0.3) is 0 Å². The third kappa shape index (κ3) is 2.66. The Hall–Kier alpha value is -2.24. The van der Waals surface area contributed by atoms with Crippen LogP contribution in [0.4, 0.5) is 8.78 Å². The molecule has 1 heterocycles. The topological polar surface area (TPSA) is 59.3 Å². The van der Waals surface area contributed by atoms with Gasteiger partial charge in [-0.25, -0.2) is 8.78 Å². The molecule has 0 radical (unpaired) electrons. The van der Waals surface area contributed by atoms with Crippen molar-refractivity contribution in [3.05, 3.63) is 45.2 Å². The van der Waals surface area contributed by atoms with E-state index in [0.29, 0.717) is 12.2 Å². The summed E-state index contributed by atoms with van der Waals surface area (Å²) < 4.78 is 29.0. The molecule has 2 rings (SSSR count). The number of carbonyl (C=O) groups is 1. The zero-order valence-corrected chi connectivity index (χ0v) is 11.7. The van der Waals surface area contributed by atoms with Crippen LogP contribution < -0.4 is 5.43 Å². The lowest BCUT2D eigenvalue weighted by atomic mass is 10.0. The highest BCUT2D eigenvalue weighted by Crippen LogP contribution is 2.21. The number of fused-ring (bicyclic) bond motifs is 1. The van der Waals surface area contributed by atoms with Crippen LogP contribution >= 0.6 is 0 Å². The van der Waals surface area contributed by atoms with Crippen LogP contribution in [0.25, 0.3) is 10.9 Å². The molecule has 0 spiro atoms. The third-order valence-electron chi connectivity index (χ3n) is 3.56. The fourth-order valence-corrected chi connectivity index (χ4v) is 2.59. The van der Waals surface area contributed by atoms with Gasteiger partial charge in [0, 0.05) is 30.3 Å². The lowest BCUT2D eigenvalue weighted by Crippen LogP contribution is -2.20. The van der Waals surface area contributed by atoms with Crippen molar-refractivity contribution in [1.29, 1.82) is 0 Å². The zero-order chi connectivity index (χ0) is 15.7. The highest BCUT2D eigenvalue weighted by atomic mass is 19.1. The summed E-state index contributed by atoms with van der Waals surface area (Å²) in [6.07, 6.45) is -0.169. The SMILES string of the molecule is CCn1c(C)c(CCC(=O)O)c(=O)c2cc(F)cc(F)c21. The number of aliphatic carboxylic acids is 1. The maximum absolute atomic E-state index is 14.0. The highest BCUT2D eigenvalue weighted by molar-refractivity contribution is 5.81. The maximum atomic E-state index is 14.0. The molecule has 0 fully saturated rings. The summed E-state index contributed by atoms with van der Waals surface area (Å²) in [6, 6.07) is 1.74. The van der Waals surface area contributed by atoms with Gasteiger partial charge >= 0.3 is 5.97 Å². The van der Waals surface area contributed by atoms with E-state index in [-0.39, 0.29) is 29.3 Å². The minimum absolute atomic E-state index is 0.0358. The number of aromatic nitrogens is 1. The molecule has 0 atom stereocenters. The number of nitrogens with zero attached hydrogens (tertiary/aromatic N) is 1. The second-order valence-electron chi connectivity index (χ2n) is 4.81. The molecule has 0 aliphatic carbocycles. The standard InChI is InChI=1S/C15H15F2NO3/c1-3-18-8(2)10(4-5-13(19)20)15(21)11-6-9(16)7-12(17)14(11)18/h6-7H,3-5H2,1-2H3,(H,19,20). The molecule has 21 heavy (non-hydrogen) atoms. The first-order valence-corrected chi connectivity index (χ1v) is 6.59. The average Bonchev–Trinajstić information content (AvgIpc) is 2.39. The smallest absolute Gasteiger partial charge is 0.303 e. The molecule has 0 bridgehead atoms. The Morgan fingerprint density at radius 3 is 2.57 bits per heavy atom. The summed E-state index contributed by atoms with van der Waals surface area (Å²) >= 11 is 0. The molecule has 0 aliphatic rings. The van der Waals surface area contributed by atoms with Gasteiger partial charge in [-0.3, -0.25) is 9.59 Å². The minimum atomic E-state index is -1.03. The summed E-state index contributed by atoms with van der Waals surface area (Å²) in [6.45, 7) is 3.82. The Morgan fingerprint density at radius 1 is 1.33 bits per heavy atom. The fourth-order valence-electron chi connectivity index (χ4n) is 2.59. The first-order valence-electron chi connectivity index (χ1n) is 6.59.